The van der Waals surface area contributed by atoms with Crippen molar-refractivity contribution in [2.45, 2.75) is 0 Å². The minimum Gasteiger partial charge on any atom is -0.490 e. The fourth-order valence-corrected chi connectivity index (χ4v) is 1.14. The van der Waals surface area contributed by atoms with Gasteiger partial charge in [0.25, 0.3) is 0 Å². The Labute approximate surface area is 85.1 Å². The van der Waals surface area contributed by atoms with Gasteiger partial charge in [-0.15, -0.1) is 0 Å². The van der Waals surface area contributed by atoms with Gasteiger partial charge in [0.2, 0.25) is 11.6 Å². The van der Waals surface area contributed by atoms with E-state index in [4.69, 9.17) is 10.6 Å². The molecule has 0 aliphatic heterocycles. The zero-order chi connectivity index (χ0) is 10.7. The maximum absolute atomic E-state index is 5.28. The van der Waals surface area contributed by atoms with Gasteiger partial charge in [-0.2, -0.15) is 9.78 Å². The predicted octanol–water partition coefficient (Wildman–Crippen LogP) is -0.649. The molecule has 2 aromatic rings. The third kappa shape index (κ3) is 1.57. The first-order valence-corrected chi connectivity index (χ1v) is 4.07. The molecule has 3 N–H and O–H groups in total. The van der Waals surface area contributed by atoms with E-state index in [1.165, 1.54) is 30.8 Å². The van der Waals surface area contributed by atoms with Crippen molar-refractivity contribution in [1.82, 2.24) is 24.7 Å². The molecule has 0 aliphatic carbocycles. The molecular formula is C7H9N7O. The maximum Gasteiger partial charge on any atom is 0.207 e. The second-order valence-corrected chi connectivity index (χ2v) is 2.56. The summed E-state index contributed by atoms with van der Waals surface area (Å²) >= 11 is 0. The predicted molar refractivity (Wildman–Crippen MR) is 51.3 cm³/mol. The van der Waals surface area contributed by atoms with E-state index in [1.807, 2.05) is 0 Å². The van der Waals surface area contributed by atoms with Crippen molar-refractivity contribution in [2.24, 2.45) is 5.84 Å². The molecule has 2 aromatic heterocycles. The molecule has 2 rings (SSSR count). The molecule has 0 fully saturated rings. The highest BCUT2D eigenvalue weighted by Crippen LogP contribution is 2.25. The fraction of sp³-hybridized carbons (Fsp3) is 0.143. The largest absolute Gasteiger partial charge is 0.490 e. The van der Waals surface area contributed by atoms with E-state index < -0.39 is 0 Å². The van der Waals surface area contributed by atoms with Crippen molar-refractivity contribution in [1.29, 1.82) is 0 Å². The molecular weight excluding hydrogens is 198 g/mol. The van der Waals surface area contributed by atoms with Gasteiger partial charge in [-0.3, -0.25) is 0 Å². The lowest BCUT2D eigenvalue weighted by Gasteiger charge is -2.09. The van der Waals surface area contributed by atoms with Gasteiger partial charge in [-0.05, 0) is 0 Å². The van der Waals surface area contributed by atoms with Crippen molar-refractivity contribution in [3.63, 3.8) is 0 Å². The van der Waals surface area contributed by atoms with Gasteiger partial charge >= 0.3 is 0 Å². The zero-order valence-electron chi connectivity index (χ0n) is 7.95. The minimum absolute atomic E-state index is 0.387. The van der Waals surface area contributed by atoms with E-state index in [0.29, 0.717) is 17.4 Å². The molecule has 78 valence electrons. The lowest BCUT2D eigenvalue weighted by molar-refractivity contribution is 0.409. The van der Waals surface area contributed by atoms with Gasteiger partial charge in [0.1, 0.15) is 19.0 Å². The quantitative estimate of drug-likeness (QED) is 0.509. The summed E-state index contributed by atoms with van der Waals surface area (Å²) in [6.45, 7) is 0. The molecule has 0 saturated heterocycles. The SMILES string of the molecule is COc1c(NN)ncnc1-n1cncn1. The van der Waals surface area contributed by atoms with Gasteiger partial charge in [0.05, 0.1) is 7.11 Å². The van der Waals surface area contributed by atoms with Crippen molar-refractivity contribution < 1.29 is 4.74 Å². The van der Waals surface area contributed by atoms with Gasteiger partial charge in [0.15, 0.2) is 5.82 Å². The van der Waals surface area contributed by atoms with Crippen LogP contribution in [0, 0.1) is 0 Å². The van der Waals surface area contributed by atoms with E-state index >= 15 is 0 Å². The summed E-state index contributed by atoms with van der Waals surface area (Å²) in [6, 6.07) is 0. The minimum atomic E-state index is 0.387. The summed E-state index contributed by atoms with van der Waals surface area (Å²) in [5.74, 6) is 6.55. The van der Waals surface area contributed by atoms with Crippen LogP contribution >= 0.6 is 0 Å². The number of rotatable bonds is 3. The summed E-state index contributed by atoms with van der Waals surface area (Å²) in [5.41, 5.74) is 2.41. The highest BCUT2D eigenvalue weighted by molar-refractivity contribution is 5.56. The van der Waals surface area contributed by atoms with Crippen LogP contribution in [0.1, 0.15) is 0 Å². The van der Waals surface area contributed by atoms with Crippen LogP contribution in [0.4, 0.5) is 5.82 Å². The summed E-state index contributed by atoms with van der Waals surface area (Å²) in [7, 11) is 1.50. The van der Waals surface area contributed by atoms with Crippen molar-refractivity contribution in [3.05, 3.63) is 19.0 Å². The molecule has 0 unspecified atom stereocenters. The topological polar surface area (TPSA) is 104 Å². The smallest absolute Gasteiger partial charge is 0.207 e. The number of anilines is 1. The average molecular weight is 207 g/mol. The number of hydrogen-bond donors (Lipinski definition) is 2. The van der Waals surface area contributed by atoms with Crippen molar-refractivity contribution in [2.75, 3.05) is 12.5 Å². The van der Waals surface area contributed by atoms with Crippen LogP contribution in [-0.4, -0.2) is 31.8 Å². The molecule has 0 saturated carbocycles. The Hall–Kier alpha value is -2.22. The monoisotopic (exact) mass is 207 g/mol. The zero-order valence-corrected chi connectivity index (χ0v) is 7.95. The second-order valence-electron chi connectivity index (χ2n) is 2.56. The van der Waals surface area contributed by atoms with E-state index in [9.17, 15) is 0 Å². The Morgan fingerprint density at radius 3 is 2.87 bits per heavy atom. The third-order valence-corrected chi connectivity index (χ3v) is 1.76. The van der Waals surface area contributed by atoms with Gasteiger partial charge < -0.3 is 10.2 Å². The molecule has 0 atom stereocenters. The number of ether oxygens (including phenoxy) is 1. The number of nitrogen functional groups attached to an aromatic ring is 1. The molecule has 8 heteroatoms. The Morgan fingerprint density at radius 1 is 1.40 bits per heavy atom. The Kier molecular flexibility index (Phi) is 2.42. The van der Waals surface area contributed by atoms with E-state index in [0.717, 1.165) is 0 Å². The number of hydrogen-bond acceptors (Lipinski definition) is 7. The van der Waals surface area contributed by atoms with Crippen molar-refractivity contribution >= 4 is 5.82 Å². The lowest BCUT2D eigenvalue weighted by atomic mass is 10.5. The first-order chi connectivity index (χ1) is 7.36. The number of nitrogens with two attached hydrogens (primary N) is 1. The first kappa shape index (κ1) is 9.34. The molecule has 15 heavy (non-hydrogen) atoms. The molecule has 0 aromatic carbocycles. The van der Waals surface area contributed by atoms with Gasteiger partial charge in [-0.1, -0.05) is 0 Å². The van der Waals surface area contributed by atoms with Gasteiger partial charge in [-0.25, -0.2) is 20.8 Å². The summed E-state index contributed by atoms with van der Waals surface area (Å²) in [5, 5.41) is 3.94. The van der Waals surface area contributed by atoms with Crippen LogP contribution in [0.5, 0.6) is 5.75 Å². The summed E-state index contributed by atoms with van der Waals surface area (Å²) < 4.78 is 6.59. The Balaban J connectivity index is 2.56. The van der Waals surface area contributed by atoms with Crippen LogP contribution in [-0.2, 0) is 0 Å². The molecule has 8 nitrogen and oxygen atoms in total. The highest BCUT2D eigenvalue weighted by Gasteiger charge is 2.12. The molecule has 2 heterocycles. The summed E-state index contributed by atoms with van der Waals surface area (Å²) in [6.07, 6.45) is 4.26. The Morgan fingerprint density at radius 2 is 2.27 bits per heavy atom. The maximum atomic E-state index is 5.28. The van der Waals surface area contributed by atoms with Crippen LogP contribution in [0.25, 0.3) is 5.82 Å². The van der Waals surface area contributed by atoms with E-state index in [-0.39, 0.29) is 0 Å². The third-order valence-electron chi connectivity index (χ3n) is 1.76. The lowest BCUT2D eigenvalue weighted by Crippen LogP contribution is -2.12. The van der Waals surface area contributed by atoms with Crippen LogP contribution in [0.15, 0.2) is 19.0 Å². The summed E-state index contributed by atoms with van der Waals surface area (Å²) in [4.78, 5) is 11.7. The van der Waals surface area contributed by atoms with E-state index in [1.54, 1.807) is 0 Å². The molecule has 0 amide bonds. The molecule has 0 aliphatic rings. The number of nitrogens with one attached hydrogen (secondary N) is 1. The molecule has 0 bridgehead atoms. The Bertz CT molecular complexity index is 441. The normalized spacial score (nSPS) is 10.0. The fourth-order valence-electron chi connectivity index (χ4n) is 1.14. The van der Waals surface area contributed by atoms with Crippen molar-refractivity contribution in [3.8, 4) is 11.6 Å². The molecule has 0 radical (unpaired) electrons. The van der Waals surface area contributed by atoms with Crippen LogP contribution in [0.2, 0.25) is 0 Å². The standard InChI is InChI=1S/C7H9N7O/c1-15-5-6(13-8)10-3-11-7(5)14-4-9-2-12-14/h2-4H,8H2,1H3,(H,10,11,13). The average Bonchev–Trinajstić information content (AvgIpc) is 2.81. The van der Waals surface area contributed by atoms with Crippen LogP contribution < -0.4 is 16.0 Å². The number of methoxy groups -OCH3 is 1. The van der Waals surface area contributed by atoms with E-state index in [2.05, 4.69) is 25.5 Å². The van der Waals surface area contributed by atoms with Crippen LogP contribution in [0.3, 0.4) is 0 Å². The number of nitrogens with zero attached hydrogens (tertiary/aromatic N) is 5. The molecule has 0 spiro atoms. The highest BCUT2D eigenvalue weighted by atomic mass is 16.5. The number of hydrazine groups is 1. The first-order valence-electron chi connectivity index (χ1n) is 4.07. The van der Waals surface area contributed by atoms with Gasteiger partial charge in [0, 0.05) is 0 Å². The number of aromatic nitrogens is 5. The second kappa shape index (κ2) is 3.88.